The van der Waals surface area contributed by atoms with Crippen molar-refractivity contribution < 1.29 is 37.3 Å². The Morgan fingerprint density at radius 2 is 1.86 bits per heavy atom. The van der Waals surface area contributed by atoms with Gasteiger partial charge in [0.2, 0.25) is 0 Å². The van der Waals surface area contributed by atoms with Crippen LogP contribution in [0.4, 0.5) is 20.2 Å². The third kappa shape index (κ3) is 6.41. The van der Waals surface area contributed by atoms with Crippen LogP contribution >= 0.6 is 0 Å². The van der Waals surface area contributed by atoms with Gasteiger partial charge < -0.3 is 29.6 Å². The fraction of sp³-hybridized carbons (Fsp3) is 0.375. The zero-order valence-corrected chi connectivity index (χ0v) is 24.4. The fourth-order valence-electron chi connectivity index (χ4n) is 5.43. The molecule has 0 bridgehead atoms. The summed E-state index contributed by atoms with van der Waals surface area (Å²) in [5.41, 5.74) is 7.11. The number of hydrogen-bond donors (Lipinski definition) is 3. The average Bonchev–Trinajstić information content (AvgIpc) is 3.69. The number of carbonyl (C=O) groups excluding carboxylic acids is 2. The number of hydrogen-bond acceptors (Lipinski definition) is 8. The summed E-state index contributed by atoms with van der Waals surface area (Å²) in [6.07, 6.45) is -0.0241. The smallest absolute Gasteiger partial charge is 0.321 e. The lowest BCUT2D eigenvalue weighted by Gasteiger charge is -2.29. The van der Waals surface area contributed by atoms with Crippen molar-refractivity contribution >= 4 is 23.2 Å². The number of anilines is 2. The predicted molar refractivity (Wildman–Crippen MR) is 158 cm³/mol. The van der Waals surface area contributed by atoms with Gasteiger partial charge in [-0.3, -0.25) is 14.6 Å². The number of alkyl halides is 2. The Balaban J connectivity index is 1.22. The highest BCUT2D eigenvalue weighted by Crippen LogP contribution is 2.38. The molecule has 3 aromatic rings. The Bertz CT molecular complexity index is 1540. The molecule has 44 heavy (non-hydrogen) atoms. The van der Waals surface area contributed by atoms with Crippen molar-refractivity contribution in [1.82, 2.24) is 16.1 Å². The van der Waals surface area contributed by atoms with Crippen LogP contribution in [0.3, 0.4) is 0 Å². The number of nitrogens with zero attached hydrogens (tertiary/aromatic N) is 1. The molecule has 1 fully saturated rings. The van der Waals surface area contributed by atoms with E-state index in [9.17, 15) is 18.4 Å². The average molecular weight is 609 g/mol. The van der Waals surface area contributed by atoms with Crippen LogP contribution in [0.5, 0.6) is 17.2 Å². The highest BCUT2D eigenvalue weighted by molar-refractivity contribution is 5.95. The van der Waals surface area contributed by atoms with Gasteiger partial charge in [-0.2, -0.15) is 8.78 Å². The van der Waals surface area contributed by atoms with Gasteiger partial charge in [0.05, 0.1) is 30.1 Å². The van der Waals surface area contributed by atoms with Crippen LogP contribution in [0.2, 0.25) is 0 Å². The molecule has 3 N–H and O–H groups in total. The summed E-state index contributed by atoms with van der Waals surface area (Å²) in [5.74, 6) is -3.51. The molecular formula is C32H34F2N4O6. The van der Waals surface area contributed by atoms with Crippen LogP contribution in [0.15, 0.2) is 60.7 Å². The molecule has 3 aliphatic heterocycles. The van der Waals surface area contributed by atoms with Crippen LogP contribution in [-0.2, 0) is 16.1 Å². The quantitative estimate of drug-likeness (QED) is 0.328. The monoisotopic (exact) mass is 608 g/mol. The molecule has 0 unspecified atom stereocenters. The normalized spacial score (nSPS) is 18.7. The lowest BCUT2D eigenvalue weighted by atomic mass is 10.0. The molecular weight excluding hydrogens is 574 g/mol. The van der Waals surface area contributed by atoms with E-state index in [1.165, 1.54) is 0 Å². The van der Waals surface area contributed by atoms with Crippen LogP contribution in [0.1, 0.15) is 47.9 Å². The Kier molecular flexibility index (Phi) is 8.28. The minimum absolute atomic E-state index is 0.00991. The van der Waals surface area contributed by atoms with Gasteiger partial charge in [0.15, 0.2) is 11.5 Å². The topological polar surface area (TPSA) is 110 Å². The lowest BCUT2D eigenvalue weighted by Crippen LogP contribution is -2.46. The fourth-order valence-corrected chi connectivity index (χ4v) is 5.43. The third-order valence-corrected chi connectivity index (χ3v) is 7.72. The zero-order chi connectivity index (χ0) is 30.8. The molecule has 2 amide bonds. The van der Waals surface area contributed by atoms with E-state index < -0.39 is 24.0 Å². The first-order valence-electron chi connectivity index (χ1n) is 14.6. The van der Waals surface area contributed by atoms with Gasteiger partial charge >= 0.3 is 5.92 Å². The van der Waals surface area contributed by atoms with E-state index in [4.69, 9.17) is 18.9 Å². The second-order valence-corrected chi connectivity index (χ2v) is 11.1. The number of nitrogens with one attached hydrogen (secondary N) is 3. The van der Waals surface area contributed by atoms with E-state index in [0.717, 1.165) is 23.4 Å². The van der Waals surface area contributed by atoms with Gasteiger partial charge in [0.1, 0.15) is 25.1 Å². The third-order valence-electron chi connectivity index (χ3n) is 7.72. The molecule has 0 aromatic heterocycles. The van der Waals surface area contributed by atoms with Crippen LogP contribution in [0.25, 0.3) is 0 Å². The number of carbonyl (C=O) groups is 2. The van der Waals surface area contributed by atoms with Gasteiger partial charge in [-0.25, -0.2) is 5.43 Å². The van der Waals surface area contributed by atoms with Crippen molar-refractivity contribution in [3.63, 3.8) is 0 Å². The maximum absolute atomic E-state index is 13.8. The Labute approximate surface area is 253 Å². The number of rotatable bonds is 9. The number of ether oxygens (including phenoxy) is 4. The summed E-state index contributed by atoms with van der Waals surface area (Å²) < 4.78 is 50.6. The van der Waals surface area contributed by atoms with Gasteiger partial charge in [-0.05, 0) is 73.0 Å². The molecule has 3 atom stereocenters. The molecule has 0 saturated carbocycles. The molecule has 0 spiro atoms. The van der Waals surface area contributed by atoms with E-state index in [1.807, 2.05) is 35.3 Å². The molecule has 10 nitrogen and oxygen atoms in total. The summed E-state index contributed by atoms with van der Waals surface area (Å²) in [6, 6.07) is 17.3. The summed E-state index contributed by atoms with van der Waals surface area (Å²) in [5, 5.41) is 7.31. The van der Waals surface area contributed by atoms with Crippen molar-refractivity contribution in [2.24, 2.45) is 0 Å². The minimum atomic E-state index is -3.54. The summed E-state index contributed by atoms with van der Waals surface area (Å²) >= 11 is 0. The summed E-state index contributed by atoms with van der Waals surface area (Å²) in [6.45, 7) is 4.63. The van der Waals surface area contributed by atoms with Crippen LogP contribution in [-0.4, -0.2) is 56.2 Å². The lowest BCUT2D eigenvalue weighted by molar-refractivity contribution is -0.144. The van der Waals surface area contributed by atoms with Crippen LogP contribution < -0.4 is 35.3 Å². The van der Waals surface area contributed by atoms with Crippen molar-refractivity contribution in [2.45, 2.75) is 50.9 Å². The first-order chi connectivity index (χ1) is 21.2. The van der Waals surface area contributed by atoms with Gasteiger partial charge in [0.25, 0.3) is 11.8 Å². The van der Waals surface area contributed by atoms with Gasteiger partial charge in [0, 0.05) is 25.6 Å². The first kappa shape index (κ1) is 29.6. The number of hydrazine groups is 1. The molecule has 1 saturated heterocycles. The van der Waals surface area contributed by atoms with E-state index in [-0.39, 0.29) is 11.9 Å². The minimum Gasteiger partial charge on any atom is -0.486 e. The largest absolute Gasteiger partial charge is 0.486 e. The van der Waals surface area contributed by atoms with Crippen molar-refractivity contribution in [1.29, 1.82) is 0 Å². The number of halogens is 2. The van der Waals surface area contributed by atoms with E-state index in [1.54, 1.807) is 37.3 Å². The molecule has 3 heterocycles. The van der Waals surface area contributed by atoms with Crippen molar-refractivity contribution in [2.75, 3.05) is 31.4 Å². The molecule has 6 rings (SSSR count). The molecule has 3 aromatic carbocycles. The summed E-state index contributed by atoms with van der Waals surface area (Å²) in [7, 11) is 0. The standard InChI is InChI=1S/C32H34F2N4O6/c1-19(36-31(40)32(2,33)34)29(20-6-9-27-28(16-20)43-13-12-42-27)44-25-7-8-26-22(15-25)17-35-38(26)24-5-3-4-21(14-24)30(39)37-23-10-11-41-18-23/h3-9,14-16,19,23,29,35H,10-13,17-18H2,1-2H3,(H,36,40)(H,37,39)/t19-,23+,29-/m0/s1. The number of benzene rings is 3. The van der Waals surface area contributed by atoms with E-state index >= 15 is 0 Å². The van der Waals surface area contributed by atoms with E-state index in [2.05, 4.69) is 16.1 Å². The van der Waals surface area contributed by atoms with Crippen molar-refractivity contribution in [3.05, 3.63) is 77.4 Å². The maximum Gasteiger partial charge on any atom is 0.321 e. The Morgan fingerprint density at radius 3 is 2.64 bits per heavy atom. The van der Waals surface area contributed by atoms with Gasteiger partial charge in [-0.1, -0.05) is 12.1 Å². The van der Waals surface area contributed by atoms with Crippen LogP contribution in [0, 0.1) is 0 Å². The van der Waals surface area contributed by atoms with E-state index in [0.29, 0.717) is 68.3 Å². The maximum atomic E-state index is 13.8. The highest BCUT2D eigenvalue weighted by Gasteiger charge is 2.36. The molecule has 0 aliphatic carbocycles. The first-order valence-corrected chi connectivity index (χ1v) is 14.6. The zero-order valence-electron chi connectivity index (χ0n) is 24.4. The number of amides is 2. The molecule has 3 aliphatic rings. The summed E-state index contributed by atoms with van der Waals surface area (Å²) in [4.78, 5) is 25.0. The molecule has 232 valence electrons. The second-order valence-electron chi connectivity index (χ2n) is 11.1. The molecule has 12 heteroatoms. The van der Waals surface area contributed by atoms with Crippen molar-refractivity contribution in [3.8, 4) is 17.2 Å². The Morgan fingerprint density at radius 1 is 1.05 bits per heavy atom. The number of fused-ring (bicyclic) bond motifs is 2. The van der Waals surface area contributed by atoms with Gasteiger partial charge in [-0.15, -0.1) is 0 Å². The Hall–Kier alpha value is -4.42. The predicted octanol–water partition coefficient (Wildman–Crippen LogP) is 4.41. The molecule has 0 radical (unpaired) electrons. The SMILES string of the molecule is C[C@H](NC(=O)C(C)(F)F)[C@H](Oc1ccc2c(c1)CNN2c1cccc(C(=O)N[C@@H]2CCOC2)c1)c1ccc2c(c1)OCCO2. The second kappa shape index (κ2) is 12.3. The highest BCUT2D eigenvalue weighted by atomic mass is 19.3.